The van der Waals surface area contributed by atoms with Gasteiger partial charge in [0.15, 0.2) is 0 Å². The Morgan fingerprint density at radius 2 is 1.71 bits per heavy atom. The van der Waals surface area contributed by atoms with Gasteiger partial charge in [-0.3, -0.25) is 9.59 Å². The minimum atomic E-state index is -4.76. The van der Waals surface area contributed by atoms with E-state index in [4.69, 9.17) is 11.6 Å². The van der Waals surface area contributed by atoms with Gasteiger partial charge in [-0.05, 0) is 48.0 Å². The van der Waals surface area contributed by atoms with Crippen molar-refractivity contribution in [2.75, 3.05) is 18.9 Å². The summed E-state index contributed by atoms with van der Waals surface area (Å²) in [6.45, 7) is -0.176. The molecule has 0 bridgehead atoms. The number of ether oxygens (including phenoxy) is 1. The Kier molecular flexibility index (Phi) is 7.06. The van der Waals surface area contributed by atoms with Crippen molar-refractivity contribution in [2.24, 2.45) is 0 Å². The van der Waals surface area contributed by atoms with Crippen molar-refractivity contribution in [1.29, 1.82) is 0 Å². The number of carbonyl (C=O) groups is 2. The molecular formula is C19H16ClF3N2O3. The summed E-state index contributed by atoms with van der Waals surface area (Å²) < 4.78 is 40.1. The maximum Gasteiger partial charge on any atom is 0.573 e. The average molecular weight is 413 g/mol. The predicted octanol–water partition coefficient (Wildman–Crippen LogP) is 4.35. The second kappa shape index (κ2) is 9.27. The molecule has 0 saturated heterocycles. The van der Waals surface area contributed by atoms with E-state index in [1.54, 1.807) is 24.3 Å². The molecule has 0 heterocycles. The monoisotopic (exact) mass is 412 g/mol. The van der Waals surface area contributed by atoms with Crippen LogP contribution in [0.2, 0.25) is 5.02 Å². The summed E-state index contributed by atoms with van der Waals surface area (Å²) in [6, 6.07) is 11.5. The summed E-state index contributed by atoms with van der Waals surface area (Å²) in [4.78, 5) is 25.2. The Bertz CT molecular complexity index is 850. The van der Waals surface area contributed by atoms with Crippen LogP contribution in [0.3, 0.4) is 0 Å². The zero-order chi connectivity index (χ0) is 20.7. The van der Waals surface area contributed by atoms with Crippen LogP contribution in [0.5, 0.6) is 5.75 Å². The number of hydrogen-bond donors (Lipinski definition) is 1. The van der Waals surface area contributed by atoms with Gasteiger partial charge in [-0.25, -0.2) is 0 Å². The van der Waals surface area contributed by atoms with Crippen LogP contribution in [0.25, 0.3) is 6.08 Å². The molecule has 0 atom stereocenters. The van der Waals surface area contributed by atoms with E-state index in [0.717, 1.165) is 12.1 Å². The fourth-order valence-electron chi connectivity index (χ4n) is 2.10. The summed E-state index contributed by atoms with van der Waals surface area (Å²) in [7, 11) is 1.45. The number of likely N-dealkylation sites (N-methyl/N-ethyl adjacent to an activating group) is 1. The molecule has 0 saturated carbocycles. The third-order valence-corrected chi connectivity index (χ3v) is 3.67. The number of alkyl halides is 3. The first kappa shape index (κ1) is 21.3. The number of halogens is 4. The summed E-state index contributed by atoms with van der Waals surface area (Å²) in [5.74, 6) is -1.19. The molecule has 2 rings (SSSR count). The number of benzene rings is 2. The number of nitrogens with one attached hydrogen (secondary N) is 1. The van der Waals surface area contributed by atoms with Gasteiger partial charge in [-0.1, -0.05) is 23.7 Å². The molecule has 0 spiro atoms. The Hall–Kier alpha value is -3.00. The molecule has 148 valence electrons. The lowest BCUT2D eigenvalue weighted by atomic mass is 10.2. The Morgan fingerprint density at radius 1 is 1.11 bits per heavy atom. The second-order valence-electron chi connectivity index (χ2n) is 5.70. The largest absolute Gasteiger partial charge is 0.573 e. The summed E-state index contributed by atoms with van der Waals surface area (Å²) in [5.41, 5.74) is 1.05. The predicted molar refractivity (Wildman–Crippen MR) is 99.9 cm³/mol. The third kappa shape index (κ3) is 7.32. The van der Waals surface area contributed by atoms with E-state index >= 15 is 0 Å². The SMILES string of the molecule is CN(CC(=O)Nc1ccc(Cl)cc1)C(=O)/C=C/c1ccc(OC(F)(F)F)cc1. The van der Waals surface area contributed by atoms with Crippen molar-refractivity contribution in [3.05, 3.63) is 65.2 Å². The number of carbonyl (C=O) groups excluding carboxylic acids is 2. The van der Waals surface area contributed by atoms with Crippen LogP contribution in [0.15, 0.2) is 54.6 Å². The van der Waals surface area contributed by atoms with Crippen molar-refractivity contribution in [3.8, 4) is 5.75 Å². The second-order valence-corrected chi connectivity index (χ2v) is 6.14. The fraction of sp³-hybridized carbons (Fsp3) is 0.158. The summed E-state index contributed by atoms with van der Waals surface area (Å²) in [5, 5.41) is 3.17. The molecule has 0 aliphatic rings. The lowest BCUT2D eigenvalue weighted by Crippen LogP contribution is -2.33. The molecule has 0 aliphatic carbocycles. The van der Waals surface area contributed by atoms with Gasteiger partial charge in [0, 0.05) is 23.8 Å². The zero-order valence-corrected chi connectivity index (χ0v) is 15.4. The maximum atomic E-state index is 12.1. The minimum Gasteiger partial charge on any atom is -0.406 e. The van der Waals surface area contributed by atoms with E-state index < -0.39 is 12.3 Å². The van der Waals surface area contributed by atoms with Gasteiger partial charge in [-0.15, -0.1) is 13.2 Å². The molecule has 0 aliphatic heterocycles. The molecule has 0 unspecified atom stereocenters. The lowest BCUT2D eigenvalue weighted by molar-refractivity contribution is -0.274. The van der Waals surface area contributed by atoms with Crippen LogP contribution < -0.4 is 10.1 Å². The molecular weight excluding hydrogens is 397 g/mol. The van der Waals surface area contributed by atoms with Crippen LogP contribution >= 0.6 is 11.6 Å². The van der Waals surface area contributed by atoms with Crippen molar-refractivity contribution >= 4 is 35.2 Å². The van der Waals surface area contributed by atoms with Gasteiger partial charge < -0.3 is 15.0 Å². The van der Waals surface area contributed by atoms with E-state index in [1.807, 2.05) is 0 Å². The van der Waals surface area contributed by atoms with Gasteiger partial charge in [0.05, 0.1) is 6.54 Å². The number of nitrogens with zero attached hydrogens (tertiary/aromatic N) is 1. The highest BCUT2D eigenvalue weighted by atomic mass is 35.5. The molecule has 28 heavy (non-hydrogen) atoms. The van der Waals surface area contributed by atoms with Crippen molar-refractivity contribution in [1.82, 2.24) is 4.90 Å². The number of anilines is 1. The van der Waals surface area contributed by atoms with Gasteiger partial charge in [0.25, 0.3) is 0 Å². The van der Waals surface area contributed by atoms with Crippen LogP contribution in [0.4, 0.5) is 18.9 Å². The molecule has 0 aromatic heterocycles. The van der Waals surface area contributed by atoms with Gasteiger partial charge in [-0.2, -0.15) is 0 Å². The molecule has 9 heteroatoms. The topological polar surface area (TPSA) is 58.6 Å². The van der Waals surface area contributed by atoms with E-state index in [2.05, 4.69) is 10.1 Å². The highest BCUT2D eigenvalue weighted by Crippen LogP contribution is 2.23. The standard InChI is InChI=1S/C19H16ClF3N2O3/c1-25(12-17(26)24-15-7-5-14(20)6-8-15)18(27)11-4-13-2-9-16(10-3-13)28-19(21,22)23/h2-11H,12H2,1H3,(H,24,26)/b11-4+. The first-order valence-electron chi connectivity index (χ1n) is 7.97. The highest BCUT2D eigenvalue weighted by Gasteiger charge is 2.30. The highest BCUT2D eigenvalue weighted by molar-refractivity contribution is 6.30. The summed E-state index contributed by atoms with van der Waals surface area (Å²) in [6.07, 6.45) is -2.12. The Morgan fingerprint density at radius 3 is 2.29 bits per heavy atom. The zero-order valence-electron chi connectivity index (χ0n) is 14.7. The molecule has 2 aromatic carbocycles. The third-order valence-electron chi connectivity index (χ3n) is 3.42. The average Bonchev–Trinajstić information content (AvgIpc) is 2.61. The molecule has 0 radical (unpaired) electrons. The van der Waals surface area contributed by atoms with Crippen molar-refractivity contribution in [3.63, 3.8) is 0 Å². The van der Waals surface area contributed by atoms with E-state index in [9.17, 15) is 22.8 Å². The van der Waals surface area contributed by atoms with Gasteiger partial charge in [0.2, 0.25) is 11.8 Å². The van der Waals surface area contributed by atoms with Crippen LogP contribution in [-0.4, -0.2) is 36.7 Å². The maximum absolute atomic E-state index is 12.1. The van der Waals surface area contributed by atoms with Crippen LogP contribution in [0, 0.1) is 0 Å². The first-order chi connectivity index (χ1) is 13.1. The van der Waals surface area contributed by atoms with E-state index in [1.165, 1.54) is 36.2 Å². The Labute approximate surface area is 164 Å². The number of hydrogen-bond acceptors (Lipinski definition) is 3. The summed E-state index contributed by atoms with van der Waals surface area (Å²) >= 11 is 5.77. The van der Waals surface area contributed by atoms with Crippen molar-refractivity contribution in [2.45, 2.75) is 6.36 Å². The van der Waals surface area contributed by atoms with Gasteiger partial charge in [0.1, 0.15) is 5.75 Å². The first-order valence-corrected chi connectivity index (χ1v) is 8.34. The smallest absolute Gasteiger partial charge is 0.406 e. The van der Waals surface area contributed by atoms with Crippen LogP contribution in [0.1, 0.15) is 5.56 Å². The van der Waals surface area contributed by atoms with Crippen molar-refractivity contribution < 1.29 is 27.5 Å². The molecule has 2 amide bonds. The lowest BCUT2D eigenvalue weighted by Gasteiger charge is -2.15. The molecule has 2 aromatic rings. The molecule has 1 N–H and O–H groups in total. The molecule has 5 nitrogen and oxygen atoms in total. The van der Waals surface area contributed by atoms with Gasteiger partial charge >= 0.3 is 6.36 Å². The van der Waals surface area contributed by atoms with E-state index in [0.29, 0.717) is 16.3 Å². The quantitative estimate of drug-likeness (QED) is 0.718. The minimum absolute atomic E-state index is 0.176. The van der Waals surface area contributed by atoms with E-state index in [-0.39, 0.29) is 18.2 Å². The van der Waals surface area contributed by atoms with Crippen LogP contribution in [-0.2, 0) is 9.59 Å². The fourth-order valence-corrected chi connectivity index (χ4v) is 2.23. The molecule has 0 fully saturated rings. The normalized spacial score (nSPS) is 11.3. The number of amides is 2. The number of rotatable bonds is 6. The Balaban J connectivity index is 1.87.